The van der Waals surface area contributed by atoms with E-state index in [2.05, 4.69) is 40.2 Å². The summed E-state index contributed by atoms with van der Waals surface area (Å²) in [5.74, 6) is -2.47. The highest BCUT2D eigenvalue weighted by molar-refractivity contribution is 6.38. The van der Waals surface area contributed by atoms with Crippen molar-refractivity contribution in [2.45, 2.75) is 101 Å². The van der Waals surface area contributed by atoms with Crippen LogP contribution in [0.25, 0.3) is 0 Å². The fraction of sp³-hybridized carbons (Fsp3) is 0.656. The van der Waals surface area contributed by atoms with Gasteiger partial charge in [0.25, 0.3) is 5.91 Å². The van der Waals surface area contributed by atoms with Crippen LogP contribution in [0.2, 0.25) is 0 Å². The molecule has 4 aliphatic carbocycles. The molecule has 5 fully saturated rings. The van der Waals surface area contributed by atoms with Crippen LogP contribution >= 0.6 is 0 Å². The van der Waals surface area contributed by atoms with E-state index in [9.17, 15) is 24.0 Å². The number of aryl methyl sites for hydroxylation is 1. The third-order valence-electron chi connectivity index (χ3n) is 10.9. The Hall–Kier alpha value is -3.23. The van der Waals surface area contributed by atoms with Crippen LogP contribution in [-0.4, -0.2) is 65.5 Å². The number of fused-ring (bicyclic) bond motifs is 2. The molecule has 4 amide bonds. The lowest BCUT2D eigenvalue weighted by atomic mass is 9.78. The molecule has 2 heterocycles. The minimum atomic E-state index is -1.10. The van der Waals surface area contributed by atoms with Gasteiger partial charge in [-0.3, -0.25) is 24.0 Å². The molecule has 0 aromatic heterocycles. The van der Waals surface area contributed by atoms with Crippen molar-refractivity contribution in [2.75, 3.05) is 13.1 Å². The molecule has 9 heteroatoms. The van der Waals surface area contributed by atoms with E-state index in [-0.39, 0.29) is 46.9 Å². The van der Waals surface area contributed by atoms with E-state index in [0.29, 0.717) is 25.9 Å². The fourth-order valence-electron chi connectivity index (χ4n) is 7.92. The van der Waals surface area contributed by atoms with Gasteiger partial charge in [-0.1, -0.05) is 24.3 Å². The Kier molecular flexibility index (Phi) is 6.47. The number of likely N-dealkylation sites (tertiary alicyclic amines) is 1. The Morgan fingerprint density at radius 3 is 2.56 bits per heavy atom. The van der Waals surface area contributed by atoms with Crippen LogP contribution in [0.15, 0.2) is 24.3 Å². The number of Topliss-reactive ketones (excluding diaryl/α,β-unsaturated/α-hetero) is 1. The molecule has 41 heavy (non-hydrogen) atoms. The van der Waals surface area contributed by atoms with Crippen molar-refractivity contribution >= 4 is 29.4 Å². The second-order valence-corrected chi connectivity index (χ2v) is 13.6. The van der Waals surface area contributed by atoms with Gasteiger partial charge in [-0.15, -0.1) is 0 Å². The second kappa shape index (κ2) is 9.95. The number of carbonyl (C=O) groups excluding carboxylic acids is 5. The van der Waals surface area contributed by atoms with Crippen molar-refractivity contribution in [1.29, 1.82) is 0 Å². The summed E-state index contributed by atoms with van der Waals surface area (Å²) < 4.78 is 0. The predicted octanol–water partition coefficient (Wildman–Crippen LogP) is 1.91. The number of nitrogens with one attached hydrogen (secondary N) is 3. The fourth-order valence-corrected chi connectivity index (χ4v) is 7.92. The molecule has 218 valence electrons. The number of benzene rings is 1. The van der Waals surface area contributed by atoms with E-state index in [1.807, 2.05) is 0 Å². The smallest absolute Gasteiger partial charge is 0.289 e. The first kappa shape index (κ1) is 26.7. The molecular formula is C32H40N4O5. The van der Waals surface area contributed by atoms with E-state index in [4.69, 9.17) is 0 Å². The third-order valence-corrected chi connectivity index (χ3v) is 10.9. The summed E-state index contributed by atoms with van der Waals surface area (Å²) in [4.78, 5) is 68.2. The minimum absolute atomic E-state index is 0.00884. The number of hydrogen-bond donors (Lipinski definition) is 3. The van der Waals surface area contributed by atoms with Gasteiger partial charge in [-0.05, 0) is 93.6 Å². The van der Waals surface area contributed by atoms with Crippen molar-refractivity contribution in [3.8, 4) is 0 Å². The molecule has 3 N–H and O–H groups in total. The van der Waals surface area contributed by atoms with Gasteiger partial charge in [0.15, 0.2) is 0 Å². The quantitative estimate of drug-likeness (QED) is 0.419. The Labute approximate surface area is 240 Å². The molecule has 0 radical (unpaired) electrons. The summed E-state index contributed by atoms with van der Waals surface area (Å²) in [7, 11) is 0. The van der Waals surface area contributed by atoms with E-state index in [1.54, 1.807) is 4.90 Å². The Morgan fingerprint density at radius 1 is 1.02 bits per heavy atom. The van der Waals surface area contributed by atoms with Crippen molar-refractivity contribution < 1.29 is 24.0 Å². The average molecular weight is 561 g/mol. The SMILES string of the molecule is O=C(NC1CC1)C(=O)[C@H](C[C@@H]1CCNC1=O)NC(=O)[C@@H]1CC2(CCN1C(=O)[C@H]1C[C@@]13CCCc1ccccc13)CC2. The zero-order chi connectivity index (χ0) is 28.4. The van der Waals surface area contributed by atoms with Gasteiger partial charge in [0.1, 0.15) is 6.04 Å². The van der Waals surface area contributed by atoms with E-state index in [0.717, 1.165) is 57.8 Å². The minimum Gasteiger partial charge on any atom is -0.356 e. The molecule has 9 nitrogen and oxygen atoms in total. The van der Waals surface area contributed by atoms with Crippen LogP contribution in [-0.2, 0) is 35.8 Å². The monoisotopic (exact) mass is 560 g/mol. The first-order valence-electron chi connectivity index (χ1n) is 15.6. The molecule has 3 saturated carbocycles. The van der Waals surface area contributed by atoms with Crippen molar-refractivity contribution in [2.24, 2.45) is 17.3 Å². The van der Waals surface area contributed by atoms with E-state index >= 15 is 0 Å². The van der Waals surface area contributed by atoms with Crippen molar-refractivity contribution in [1.82, 2.24) is 20.9 Å². The maximum absolute atomic E-state index is 14.1. The molecular weight excluding hydrogens is 520 g/mol. The molecule has 2 spiro atoms. The molecule has 0 bridgehead atoms. The first-order chi connectivity index (χ1) is 19.8. The van der Waals surface area contributed by atoms with Crippen LogP contribution in [0.3, 0.4) is 0 Å². The van der Waals surface area contributed by atoms with Gasteiger partial charge in [-0.2, -0.15) is 0 Å². The maximum atomic E-state index is 14.1. The number of nitrogens with zero attached hydrogens (tertiary/aromatic N) is 1. The van der Waals surface area contributed by atoms with Gasteiger partial charge in [0.05, 0.1) is 6.04 Å². The number of carbonyl (C=O) groups is 5. The van der Waals surface area contributed by atoms with Crippen LogP contribution in [0.4, 0.5) is 0 Å². The predicted molar refractivity (Wildman–Crippen MR) is 149 cm³/mol. The highest BCUT2D eigenvalue weighted by Gasteiger charge is 2.62. The number of amides is 4. The molecule has 1 aromatic carbocycles. The second-order valence-electron chi connectivity index (χ2n) is 13.6. The Balaban J connectivity index is 1.10. The topological polar surface area (TPSA) is 125 Å². The lowest BCUT2D eigenvalue weighted by molar-refractivity contribution is -0.147. The van der Waals surface area contributed by atoms with Crippen molar-refractivity contribution in [3.63, 3.8) is 0 Å². The normalized spacial score (nSPS) is 31.7. The standard InChI is InChI=1S/C32H40N4O5/c37-26(29(40)34-21-7-8-21)24(16-20-9-14-33-27(20)38)35-28(39)25-18-31(11-12-31)13-15-36(25)30(41)23-17-32(23)10-3-5-19-4-1-2-6-22(19)32/h1-2,4,6,20-21,23-25H,3,5,7-18H2,(H,33,38)(H,34,40)(H,35,39)/t20-,23+,24-,25-,32+/m0/s1. The van der Waals surface area contributed by atoms with Crippen molar-refractivity contribution in [3.05, 3.63) is 35.4 Å². The van der Waals surface area contributed by atoms with Gasteiger partial charge >= 0.3 is 0 Å². The molecule has 2 aliphatic heterocycles. The number of piperidine rings is 1. The lowest BCUT2D eigenvalue weighted by Crippen LogP contribution is -2.58. The maximum Gasteiger partial charge on any atom is 0.289 e. The Morgan fingerprint density at radius 2 is 1.83 bits per heavy atom. The number of rotatable bonds is 8. The highest BCUT2D eigenvalue weighted by Crippen LogP contribution is 2.62. The number of ketones is 1. The molecule has 1 aromatic rings. The Bertz CT molecular complexity index is 1300. The molecule has 0 unspecified atom stereocenters. The summed E-state index contributed by atoms with van der Waals surface area (Å²) in [5, 5.41) is 8.40. The zero-order valence-electron chi connectivity index (χ0n) is 23.6. The lowest BCUT2D eigenvalue weighted by Gasteiger charge is -2.40. The van der Waals surface area contributed by atoms with Crippen LogP contribution in [0.5, 0.6) is 0 Å². The van der Waals surface area contributed by atoms with Gasteiger partial charge in [-0.25, -0.2) is 0 Å². The van der Waals surface area contributed by atoms with Gasteiger partial charge in [0, 0.05) is 36.4 Å². The zero-order valence-corrected chi connectivity index (χ0v) is 23.6. The van der Waals surface area contributed by atoms with Crippen LogP contribution in [0, 0.1) is 17.3 Å². The molecule has 5 atom stereocenters. The highest BCUT2D eigenvalue weighted by atomic mass is 16.2. The number of hydrogen-bond acceptors (Lipinski definition) is 5. The summed E-state index contributed by atoms with van der Waals surface area (Å²) in [6.45, 7) is 1.06. The van der Waals surface area contributed by atoms with E-state index < -0.39 is 29.7 Å². The van der Waals surface area contributed by atoms with Crippen LogP contribution < -0.4 is 16.0 Å². The van der Waals surface area contributed by atoms with Gasteiger partial charge < -0.3 is 20.9 Å². The third kappa shape index (κ3) is 4.95. The first-order valence-corrected chi connectivity index (χ1v) is 15.6. The summed E-state index contributed by atoms with van der Waals surface area (Å²) in [5.41, 5.74) is 2.59. The van der Waals surface area contributed by atoms with E-state index in [1.165, 1.54) is 11.1 Å². The molecule has 7 rings (SSSR count). The molecule has 2 saturated heterocycles. The summed E-state index contributed by atoms with van der Waals surface area (Å²) in [6, 6.07) is 6.70. The largest absolute Gasteiger partial charge is 0.356 e. The average Bonchev–Trinajstić information content (AvgIpc) is 3.92. The van der Waals surface area contributed by atoms with Gasteiger partial charge in [0.2, 0.25) is 23.5 Å². The van der Waals surface area contributed by atoms with Crippen LogP contribution in [0.1, 0.15) is 81.8 Å². The summed E-state index contributed by atoms with van der Waals surface area (Å²) >= 11 is 0. The summed E-state index contributed by atoms with van der Waals surface area (Å²) in [6.07, 6.45) is 9.82. The molecule has 6 aliphatic rings.